The number of carbonyl (C=O) groups is 1. The molecule has 5 heteroatoms. The number of benzene rings is 2. The maximum absolute atomic E-state index is 12.0. The van der Waals surface area contributed by atoms with E-state index in [1.807, 2.05) is 42.5 Å². The minimum Gasteiger partial charge on any atom is -0.455 e. The lowest BCUT2D eigenvalue weighted by Gasteiger charge is -2.03. The number of rotatable bonds is 6. The number of aromatic nitrogens is 3. The van der Waals surface area contributed by atoms with Crippen molar-refractivity contribution in [1.29, 1.82) is 0 Å². The van der Waals surface area contributed by atoms with Crippen molar-refractivity contribution in [3.8, 4) is 0 Å². The number of hydrogen-bond acceptors (Lipinski definition) is 4. The summed E-state index contributed by atoms with van der Waals surface area (Å²) in [4.78, 5) is 12.0. The summed E-state index contributed by atoms with van der Waals surface area (Å²) in [5.41, 5.74) is 3.51. The second-order valence-electron chi connectivity index (χ2n) is 5.52. The Kier molecular flexibility index (Phi) is 5.01. The molecule has 0 aliphatic heterocycles. The summed E-state index contributed by atoms with van der Waals surface area (Å²) in [7, 11) is 0. The predicted octanol–water partition coefficient (Wildman–Crippen LogP) is 3.25. The van der Waals surface area contributed by atoms with Gasteiger partial charge in [0.15, 0.2) is 0 Å². The lowest BCUT2D eigenvalue weighted by atomic mass is 10.1. The largest absolute Gasteiger partial charge is 0.455 e. The van der Waals surface area contributed by atoms with E-state index in [9.17, 15) is 4.79 Å². The normalized spacial score (nSPS) is 10.5. The van der Waals surface area contributed by atoms with Gasteiger partial charge < -0.3 is 4.74 Å². The lowest BCUT2D eigenvalue weighted by molar-refractivity contribution is 0.0467. The van der Waals surface area contributed by atoms with Crippen LogP contribution in [0, 0.1) is 0 Å². The minimum atomic E-state index is -0.352. The first-order chi connectivity index (χ1) is 11.7. The first-order valence-electron chi connectivity index (χ1n) is 7.93. The summed E-state index contributed by atoms with van der Waals surface area (Å²) in [5, 5.41) is 8.10. The second-order valence-corrected chi connectivity index (χ2v) is 5.52. The maximum Gasteiger partial charge on any atom is 0.338 e. The van der Waals surface area contributed by atoms with Crippen LogP contribution in [0.3, 0.4) is 0 Å². The van der Waals surface area contributed by atoms with Crippen LogP contribution in [0.25, 0.3) is 0 Å². The fraction of sp³-hybridized carbons (Fsp3) is 0.211. The highest BCUT2D eigenvalue weighted by molar-refractivity contribution is 5.89. The topological polar surface area (TPSA) is 57.0 Å². The van der Waals surface area contributed by atoms with E-state index >= 15 is 0 Å². The Balaban J connectivity index is 1.55. The zero-order chi connectivity index (χ0) is 16.8. The summed E-state index contributed by atoms with van der Waals surface area (Å²) >= 11 is 0. The van der Waals surface area contributed by atoms with Crippen LogP contribution in [-0.2, 0) is 24.3 Å². The highest BCUT2D eigenvalue weighted by Gasteiger charge is 2.09. The van der Waals surface area contributed by atoms with Crippen molar-refractivity contribution >= 4 is 5.97 Å². The number of hydrogen-bond donors (Lipinski definition) is 0. The molecule has 0 fully saturated rings. The van der Waals surface area contributed by atoms with E-state index in [0.717, 1.165) is 12.0 Å². The Morgan fingerprint density at radius 1 is 1.04 bits per heavy atom. The number of ether oxygens (including phenoxy) is 1. The van der Waals surface area contributed by atoms with Crippen LogP contribution in [0.2, 0.25) is 0 Å². The van der Waals surface area contributed by atoms with Crippen LogP contribution in [0.1, 0.15) is 34.1 Å². The molecule has 0 spiro atoms. The molecule has 122 valence electrons. The monoisotopic (exact) mass is 321 g/mol. The summed E-state index contributed by atoms with van der Waals surface area (Å²) in [6.07, 6.45) is 2.74. The predicted molar refractivity (Wildman–Crippen MR) is 90.5 cm³/mol. The van der Waals surface area contributed by atoms with Gasteiger partial charge in [-0.2, -0.15) is 0 Å². The van der Waals surface area contributed by atoms with Gasteiger partial charge in [-0.1, -0.05) is 54.6 Å². The molecule has 0 aliphatic carbocycles. The summed E-state index contributed by atoms with van der Waals surface area (Å²) < 4.78 is 7.03. The fourth-order valence-corrected chi connectivity index (χ4v) is 2.35. The van der Waals surface area contributed by atoms with Crippen molar-refractivity contribution in [2.45, 2.75) is 26.5 Å². The molecule has 3 rings (SSSR count). The molecule has 3 aromatic rings. The molecule has 5 nitrogen and oxygen atoms in total. The van der Waals surface area contributed by atoms with E-state index < -0.39 is 0 Å². The van der Waals surface area contributed by atoms with Gasteiger partial charge in [-0.25, -0.2) is 9.48 Å². The average molecular weight is 321 g/mol. The fourth-order valence-electron chi connectivity index (χ4n) is 2.35. The molecular formula is C19H19N3O2. The Morgan fingerprint density at radius 3 is 2.50 bits per heavy atom. The average Bonchev–Trinajstić information content (AvgIpc) is 3.08. The van der Waals surface area contributed by atoms with Crippen molar-refractivity contribution in [2.24, 2.45) is 0 Å². The molecule has 1 aromatic heterocycles. The van der Waals surface area contributed by atoms with Crippen LogP contribution in [-0.4, -0.2) is 21.0 Å². The Morgan fingerprint density at radius 2 is 1.79 bits per heavy atom. The molecule has 0 amide bonds. The third kappa shape index (κ3) is 4.07. The first kappa shape index (κ1) is 15.9. The quantitative estimate of drug-likeness (QED) is 0.654. The van der Waals surface area contributed by atoms with Crippen LogP contribution < -0.4 is 0 Å². The minimum absolute atomic E-state index is 0.114. The standard InChI is InChI=1S/C19H19N3O2/c1-2-15-8-10-17(11-9-15)19(23)24-14-18-13-22(21-20-18)12-16-6-4-3-5-7-16/h3-11,13H,2,12,14H2,1H3. The zero-order valence-corrected chi connectivity index (χ0v) is 13.6. The van der Waals surface area contributed by atoms with Crippen molar-refractivity contribution < 1.29 is 9.53 Å². The molecule has 0 saturated carbocycles. The van der Waals surface area contributed by atoms with Crippen molar-refractivity contribution in [1.82, 2.24) is 15.0 Å². The molecule has 0 aliphatic rings. The van der Waals surface area contributed by atoms with Crippen molar-refractivity contribution in [2.75, 3.05) is 0 Å². The third-order valence-electron chi connectivity index (χ3n) is 3.72. The highest BCUT2D eigenvalue weighted by atomic mass is 16.5. The number of esters is 1. The molecule has 24 heavy (non-hydrogen) atoms. The van der Waals surface area contributed by atoms with Crippen LogP contribution in [0.4, 0.5) is 0 Å². The van der Waals surface area contributed by atoms with Crippen LogP contribution >= 0.6 is 0 Å². The van der Waals surface area contributed by atoms with Crippen molar-refractivity contribution in [3.05, 3.63) is 83.2 Å². The smallest absolute Gasteiger partial charge is 0.338 e. The molecule has 0 atom stereocenters. The second kappa shape index (κ2) is 7.55. The van der Waals surface area contributed by atoms with Gasteiger partial charge in [0.1, 0.15) is 12.3 Å². The summed E-state index contributed by atoms with van der Waals surface area (Å²) in [5.74, 6) is -0.352. The molecular weight excluding hydrogens is 302 g/mol. The Bertz CT molecular complexity index is 795. The van der Waals surface area contributed by atoms with E-state index in [0.29, 0.717) is 17.8 Å². The van der Waals surface area contributed by atoms with E-state index in [4.69, 9.17) is 4.74 Å². The lowest BCUT2D eigenvalue weighted by Crippen LogP contribution is -2.05. The van der Waals surface area contributed by atoms with E-state index in [1.165, 1.54) is 5.56 Å². The number of carbonyl (C=O) groups excluding carboxylic acids is 1. The zero-order valence-electron chi connectivity index (χ0n) is 13.6. The molecule has 1 heterocycles. The van der Waals surface area contributed by atoms with Crippen LogP contribution in [0.5, 0.6) is 0 Å². The van der Waals surface area contributed by atoms with Gasteiger partial charge in [-0.05, 0) is 29.7 Å². The van der Waals surface area contributed by atoms with E-state index in [-0.39, 0.29) is 12.6 Å². The third-order valence-corrected chi connectivity index (χ3v) is 3.72. The van der Waals surface area contributed by atoms with Gasteiger partial charge in [0.25, 0.3) is 0 Å². The SMILES string of the molecule is CCc1ccc(C(=O)OCc2cn(Cc3ccccc3)nn2)cc1. The molecule has 2 aromatic carbocycles. The Labute approximate surface area is 140 Å². The number of nitrogens with zero attached hydrogens (tertiary/aromatic N) is 3. The van der Waals surface area contributed by atoms with Gasteiger partial charge in [0.2, 0.25) is 0 Å². The van der Waals surface area contributed by atoms with Gasteiger partial charge in [-0.15, -0.1) is 5.10 Å². The van der Waals surface area contributed by atoms with Gasteiger partial charge in [-0.3, -0.25) is 0 Å². The highest BCUT2D eigenvalue weighted by Crippen LogP contribution is 2.08. The van der Waals surface area contributed by atoms with Gasteiger partial charge in [0, 0.05) is 0 Å². The Hall–Kier alpha value is -2.95. The molecule has 0 unspecified atom stereocenters. The summed E-state index contributed by atoms with van der Waals surface area (Å²) in [6.45, 7) is 2.83. The molecule has 0 radical (unpaired) electrons. The first-order valence-corrected chi connectivity index (χ1v) is 7.93. The van der Waals surface area contributed by atoms with Crippen LogP contribution in [0.15, 0.2) is 60.8 Å². The molecule has 0 saturated heterocycles. The summed E-state index contributed by atoms with van der Waals surface area (Å²) in [6, 6.07) is 17.4. The maximum atomic E-state index is 12.0. The van der Waals surface area contributed by atoms with Gasteiger partial charge >= 0.3 is 5.97 Å². The van der Waals surface area contributed by atoms with E-state index in [1.54, 1.807) is 23.0 Å². The van der Waals surface area contributed by atoms with Gasteiger partial charge in [0.05, 0.1) is 18.3 Å². The van der Waals surface area contributed by atoms with E-state index in [2.05, 4.69) is 17.2 Å². The molecule has 0 N–H and O–H groups in total. The van der Waals surface area contributed by atoms with Crippen molar-refractivity contribution in [3.63, 3.8) is 0 Å². The number of aryl methyl sites for hydroxylation is 1. The molecule has 0 bridgehead atoms.